The van der Waals surface area contributed by atoms with Crippen LogP contribution in [0.1, 0.15) is 367 Å². The number of carbonyl (C=O) groups excluding carboxylic acids is 1. The van der Waals surface area contributed by atoms with Gasteiger partial charge < -0.3 is 4.74 Å². The molecule has 0 aliphatic carbocycles. The normalized spacial score (nSPS) is 11.8. The van der Waals surface area contributed by atoms with E-state index < -0.39 is 0 Å². The predicted octanol–water partition coefficient (Wildman–Crippen LogP) is 22.8. The van der Waals surface area contributed by atoms with Gasteiger partial charge in [0.2, 0.25) is 0 Å². The summed E-state index contributed by atoms with van der Waals surface area (Å²) < 4.78 is 5.51. The zero-order valence-corrected chi connectivity index (χ0v) is 44.9. The number of unbranched alkanes of at least 4 members (excludes halogenated alkanes) is 49. The highest BCUT2D eigenvalue weighted by Crippen LogP contribution is 2.19. The van der Waals surface area contributed by atoms with E-state index in [9.17, 15) is 4.79 Å². The second kappa shape index (κ2) is 58.3. The van der Waals surface area contributed by atoms with Gasteiger partial charge in [-0.1, -0.05) is 335 Å². The predicted molar refractivity (Wildman–Crippen MR) is 290 cm³/mol. The van der Waals surface area contributed by atoms with Crippen LogP contribution in [-0.2, 0) is 9.53 Å². The molecule has 0 atom stereocenters. The maximum Gasteiger partial charge on any atom is 0.305 e. The number of ether oxygens (including phenoxy) is 1. The summed E-state index contributed by atoms with van der Waals surface area (Å²) >= 11 is 0. The van der Waals surface area contributed by atoms with Crippen molar-refractivity contribution in [1.29, 1.82) is 0 Å². The Morgan fingerprint density at radius 3 is 0.828 bits per heavy atom. The minimum Gasteiger partial charge on any atom is -0.466 e. The minimum absolute atomic E-state index is 0.0300. The summed E-state index contributed by atoms with van der Waals surface area (Å²) in [5.74, 6) is 0.920. The van der Waals surface area contributed by atoms with Crippen molar-refractivity contribution in [3.05, 3.63) is 12.2 Å². The molecule has 0 aromatic carbocycles. The van der Waals surface area contributed by atoms with Gasteiger partial charge in [0.05, 0.1) is 6.61 Å². The molecule has 0 bridgehead atoms. The first-order valence-corrected chi connectivity index (χ1v) is 30.5. The van der Waals surface area contributed by atoms with Gasteiger partial charge in [0.15, 0.2) is 0 Å². The van der Waals surface area contributed by atoms with E-state index in [1.807, 2.05) is 0 Å². The average molecular weight is 900 g/mol. The summed E-state index contributed by atoms with van der Waals surface area (Å²) in [4.78, 5) is 12.1. The molecule has 64 heavy (non-hydrogen) atoms. The number of hydrogen-bond donors (Lipinski definition) is 0. The summed E-state index contributed by atoms with van der Waals surface area (Å²) in [5, 5.41) is 0. The third-order valence-electron chi connectivity index (χ3n) is 14.3. The molecule has 0 fully saturated rings. The Hall–Kier alpha value is -0.790. The van der Waals surface area contributed by atoms with E-state index in [1.54, 1.807) is 0 Å². The lowest BCUT2D eigenvalue weighted by Crippen LogP contribution is -2.05. The topological polar surface area (TPSA) is 26.3 Å². The number of carbonyl (C=O) groups is 1. The molecule has 0 heterocycles. The van der Waals surface area contributed by atoms with Gasteiger partial charge in [-0.05, 0) is 44.4 Å². The lowest BCUT2D eigenvalue weighted by Gasteiger charge is -2.06. The SMILES string of the molecule is CCCCCCCCC=CCCCCCCCCCCCC(=O)OCCCCCCCCCCCCCCCCCCCCCCCCCCCCCCCCCCCCCC(C)C. The summed E-state index contributed by atoms with van der Waals surface area (Å²) in [6.45, 7) is 7.62. The molecule has 0 amide bonds. The molecule has 0 spiro atoms. The fourth-order valence-corrected chi connectivity index (χ4v) is 9.79. The molecular formula is C62H122O2. The van der Waals surface area contributed by atoms with E-state index in [4.69, 9.17) is 4.74 Å². The van der Waals surface area contributed by atoms with Gasteiger partial charge in [-0.15, -0.1) is 0 Å². The van der Waals surface area contributed by atoms with Crippen LogP contribution >= 0.6 is 0 Å². The van der Waals surface area contributed by atoms with Crippen LogP contribution in [-0.4, -0.2) is 12.6 Å². The van der Waals surface area contributed by atoms with Crippen LogP contribution in [0.5, 0.6) is 0 Å². The zero-order valence-electron chi connectivity index (χ0n) is 44.9. The number of rotatable bonds is 57. The van der Waals surface area contributed by atoms with Crippen molar-refractivity contribution in [3.63, 3.8) is 0 Å². The Labute approximate surface area is 406 Å². The molecule has 0 aliphatic heterocycles. The summed E-state index contributed by atoms with van der Waals surface area (Å²) in [7, 11) is 0. The smallest absolute Gasteiger partial charge is 0.305 e. The second-order valence-corrected chi connectivity index (χ2v) is 21.5. The van der Waals surface area contributed by atoms with Gasteiger partial charge in [0.1, 0.15) is 0 Å². The van der Waals surface area contributed by atoms with E-state index in [0.717, 1.165) is 18.8 Å². The molecule has 0 aromatic rings. The monoisotopic (exact) mass is 899 g/mol. The van der Waals surface area contributed by atoms with Crippen LogP contribution < -0.4 is 0 Å². The van der Waals surface area contributed by atoms with Crippen molar-refractivity contribution < 1.29 is 9.53 Å². The second-order valence-electron chi connectivity index (χ2n) is 21.5. The van der Waals surface area contributed by atoms with Crippen molar-refractivity contribution in [1.82, 2.24) is 0 Å². The molecule has 0 radical (unpaired) electrons. The van der Waals surface area contributed by atoms with E-state index in [-0.39, 0.29) is 5.97 Å². The quantitative estimate of drug-likeness (QED) is 0.0345. The highest BCUT2D eigenvalue weighted by molar-refractivity contribution is 5.69. The molecule has 0 N–H and O–H groups in total. The molecule has 0 rings (SSSR count). The van der Waals surface area contributed by atoms with Gasteiger partial charge in [0, 0.05) is 6.42 Å². The largest absolute Gasteiger partial charge is 0.466 e. The van der Waals surface area contributed by atoms with Crippen LogP contribution in [0.2, 0.25) is 0 Å². The Balaban J connectivity index is 3.15. The lowest BCUT2D eigenvalue weighted by atomic mass is 10.0. The van der Waals surface area contributed by atoms with E-state index in [2.05, 4.69) is 32.9 Å². The Kier molecular flexibility index (Phi) is 57.6. The highest BCUT2D eigenvalue weighted by Gasteiger charge is 2.03. The van der Waals surface area contributed by atoms with Gasteiger partial charge >= 0.3 is 5.97 Å². The molecule has 0 aromatic heterocycles. The van der Waals surface area contributed by atoms with E-state index in [0.29, 0.717) is 13.0 Å². The van der Waals surface area contributed by atoms with Gasteiger partial charge in [-0.3, -0.25) is 4.79 Å². The Morgan fingerprint density at radius 2 is 0.547 bits per heavy atom. The van der Waals surface area contributed by atoms with Crippen LogP contribution in [0.25, 0.3) is 0 Å². The number of allylic oxidation sites excluding steroid dienone is 2. The van der Waals surface area contributed by atoms with Crippen molar-refractivity contribution >= 4 is 5.97 Å². The first-order valence-electron chi connectivity index (χ1n) is 30.5. The molecule has 0 saturated carbocycles. The van der Waals surface area contributed by atoms with Gasteiger partial charge in [-0.25, -0.2) is 0 Å². The van der Waals surface area contributed by atoms with E-state index >= 15 is 0 Å². The Bertz CT molecular complexity index is 861. The highest BCUT2D eigenvalue weighted by atomic mass is 16.5. The fraction of sp³-hybridized carbons (Fsp3) is 0.952. The summed E-state index contributed by atoms with van der Waals surface area (Å²) in [6.07, 6.45) is 79.9. The third kappa shape index (κ3) is 59.2. The number of hydrogen-bond acceptors (Lipinski definition) is 2. The molecule has 0 unspecified atom stereocenters. The maximum atomic E-state index is 12.1. The third-order valence-corrected chi connectivity index (χ3v) is 14.3. The molecular weight excluding hydrogens is 777 g/mol. The summed E-state index contributed by atoms with van der Waals surface area (Å²) in [5.41, 5.74) is 0. The average Bonchev–Trinajstić information content (AvgIpc) is 3.29. The first kappa shape index (κ1) is 63.2. The molecule has 0 aliphatic rings. The molecule has 0 saturated heterocycles. The van der Waals surface area contributed by atoms with Crippen LogP contribution in [0.3, 0.4) is 0 Å². The fourth-order valence-electron chi connectivity index (χ4n) is 9.79. The lowest BCUT2D eigenvalue weighted by molar-refractivity contribution is -0.143. The Morgan fingerprint density at radius 1 is 0.312 bits per heavy atom. The number of esters is 1. The van der Waals surface area contributed by atoms with Crippen LogP contribution in [0, 0.1) is 5.92 Å². The van der Waals surface area contributed by atoms with Crippen molar-refractivity contribution in [2.75, 3.05) is 6.61 Å². The first-order chi connectivity index (χ1) is 31.7. The minimum atomic E-state index is 0.0300. The maximum absolute atomic E-state index is 12.1. The van der Waals surface area contributed by atoms with Gasteiger partial charge in [0.25, 0.3) is 0 Å². The molecule has 2 nitrogen and oxygen atoms in total. The zero-order chi connectivity index (χ0) is 46.2. The van der Waals surface area contributed by atoms with Crippen LogP contribution in [0.15, 0.2) is 12.2 Å². The van der Waals surface area contributed by atoms with E-state index in [1.165, 1.54) is 327 Å². The van der Waals surface area contributed by atoms with Crippen molar-refractivity contribution in [2.45, 2.75) is 367 Å². The standard InChI is InChI=1S/C62H122O2/c1-4-5-6-7-8-9-10-11-12-13-31-35-38-41-44-47-50-53-56-59-62(63)64-60-57-54-51-48-45-42-39-36-33-30-28-26-24-22-20-18-16-14-15-17-19-21-23-25-27-29-32-34-37-40-43-46-49-52-55-58-61(2)3/h11-12,61H,4-10,13-60H2,1-3H3. The summed E-state index contributed by atoms with van der Waals surface area (Å²) in [6, 6.07) is 0. The van der Waals surface area contributed by atoms with Crippen molar-refractivity contribution in [2.24, 2.45) is 5.92 Å². The molecule has 2 heteroatoms. The molecule has 382 valence electrons. The van der Waals surface area contributed by atoms with Crippen LogP contribution in [0.4, 0.5) is 0 Å². The van der Waals surface area contributed by atoms with Crippen molar-refractivity contribution in [3.8, 4) is 0 Å². The van der Waals surface area contributed by atoms with Gasteiger partial charge in [-0.2, -0.15) is 0 Å².